The highest BCUT2D eigenvalue weighted by Gasteiger charge is 2.31. The van der Waals surface area contributed by atoms with E-state index in [1.54, 1.807) is 12.1 Å². The van der Waals surface area contributed by atoms with Crippen LogP contribution in [-0.2, 0) is 0 Å². The van der Waals surface area contributed by atoms with E-state index in [1.165, 1.54) is 42.5 Å². The Labute approximate surface area is 183 Å². The molecule has 1 saturated carbocycles. The van der Waals surface area contributed by atoms with Crippen LogP contribution in [0.4, 0.5) is 18.9 Å². The Morgan fingerprint density at radius 2 is 1.77 bits per heavy atom. The first kappa shape index (κ1) is 23.2. The van der Waals surface area contributed by atoms with Gasteiger partial charge < -0.3 is 9.64 Å². The summed E-state index contributed by atoms with van der Waals surface area (Å²) in [6.07, 6.45) is 2.07. The molecule has 2 aromatic carbocycles. The van der Waals surface area contributed by atoms with Crippen LogP contribution in [0.15, 0.2) is 48.2 Å². The van der Waals surface area contributed by atoms with E-state index in [2.05, 4.69) is 62.7 Å². The molecule has 0 heterocycles. The van der Waals surface area contributed by atoms with Gasteiger partial charge in [-0.2, -0.15) is 0 Å². The zero-order valence-corrected chi connectivity index (χ0v) is 19.0. The van der Waals surface area contributed by atoms with Gasteiger partial charge in [-0.25, -0.2) is 0 Å². The highest BCUT2D eigenvalue weighted by molar-refractivity contribution is 5.76. The van der Waals surface area contributed by atoms with Crippen LogP contribution < -0.4 is 9.64 Å². The topological polar surface area (TPSA) is 12.5 Å². The van der Waals surface area contributed by atoms with Gasteiger partial charge in [-0.3, -0.25) is 0 Å². The molecule has 1 aliphatic rings. The van der Waals surface area contributed by atoms with Crippen molar-refractivity contribution in [3.63, 3.8) is 0 Å². The van der Waals surface area contributed by atoms with Crippen LogP contribution in [0.2, 0.25) is 0 Å². The quantitative estimate of drug-likeness (QED) is 0.438. The molecule has 3 rings (SSSR count). The fraction of sp³-hybridized carbons (Fsp3) is 0.462. The van der Waals surface area contributed by atoms with E-state index in [0.717, 1.165) is 34.7 Å². The molecule has 2 aromatic rings. The van der Waals surface area contributed by atoms with Gasteiger partial charge in [0.05, 0.1) is 0 Å². The van der Waals surface area contributed by atoms with Crippen molar-refractivity contribution in [3.05, 3.63) is 59.3 Å². The molecule has 5 heteroatoms. The van der Waals surface area contributed by atoms with E-state index in [4.69, 9.17) is 0 Å². The van der Waals surface area contributed by atoms with Gasteiger partial charge in [0.25, 0.3) is 0 Å². The average Bonchev–Trinajstić information content (AvgIpc) is 2.67. The highest BCUT2D eigenvalue weighted by Crippen LogP contribution is 2.46. The third-order valence-electron chi connectivity index (χ3n) is 6.44. The van der Waals surface area contributed by atoms with Gasteiger partial charge >= 0.3 is 6.36 Å². The molecule has 168 valence electrons. The van der Waals surface area contributed by atoms with Crippen LogP contribution in [0.25, 0.3) is 11.1 Å². The third-order valence-corrected chi connectivity index (χ3v) is 6.44. The lowest BCUT2D eigenvalue weighted by atomic mass is 9.70. The number of benzene rings is 2. The SMILES string of the molecule is CC/C(C)=C/N(C)c1cc(C2CC(CC)C2)cc(-c2ccc(OC(F)(F)F)cc2)c1C. The summed E-state index contributed by atoms with van der Waals surface area (Å²) >= 11 is 0. The van der Waals surface area contributed by atoms with Crippen molar-refractivity contribution in [2.75, 3.05) is 11.9 Å². The van der Waals surface area contributed by atoms with E-state index >= 15 is 0 Å². The number of anilines is 1. The van der Waals surface area contributed by atoms with Crippen LogP contribution in [0, 0.1) is 12.8 Å². The monoisotopic (exact) mass is 431 g/mol. The molecule has 0 amide bonds. The Morgan fingerprint density at radius 3 is 2.32 bits per heavy atom. The van der Waals surface area contributed by atoms with Crippen LogP contribution >= 0.6 is 0 Å². The molecule has 2 nitrogen and oxygen atoms in total. The van der Waals surface area contributed by atoms with Gasteiger partial charge in [0.15, 0.2) is 0 Å². The number of allylic oxidation sites excluding steroid dienone is 1. The first-order chi connectivity index (χ1) is 14.6. The third kappa shape index (κ3) is 5.63. The first-order valence-corrected chi connectivity index (χ1v) is 11.0. The molecule has 0 aromatic heterocycles. The van der Waals surface area contributed by atoms with E-state index in [0.29, 0.717) is 5.92 Å². The smallest absolute Gasteiger partial charge is 0.406 e. The molecule has 0 aliphatic heterocycles. The molecule has 0 bridgehead atoms. The minimum absolute atomic E-state index is 0.200. The summed E-state index contributed by atoms with van der Waals surface area (Å²) in [6.45, 7) is 8.57. The van der Waals surface area contributed by atoms with Crippen molar-refractivity contribution in [2.45, 2.75) is 65.7 Å². The van der Waals surface area contributed by atoms with Crippen LogP contribution in [0.5, 0.6) is 5.75 Å². The molecule has 1 aliphatic carbocycles. The van der Waals surface area contributed by atoms with E-state index in [-0.39, 0.29) is 5.75 Å². The minimum atomic E-state index is -4.68. The minimum Gasteiger partial charge on any atom is -0.406 e. The lowest BCUT2D eigenvalue weighted by molar-refractivity contribution is -0.274. The van der Waals surface area contributed by atoms with Crippen molar-refractivity contribution in [3.8, 4) is 16.9 Å². The van der Waals surface area contributed by atoms with Crippen molar-refractivity contribution in [1.82, 2.24) is 0 Å². The summed E-state index contributed by atoms with van der Waals surface area (Å²) < 4.78 is 41.6. The highest BCUT2D eigenvalue weighted by atomic mass is 19.4. The predicted octanol–water partition coefficient (Wildman–Crippen LogP) is 8.21. The molecular weight excluding hydrogens is 399 g/mol. The van der Waals surface area contributed by atoms with E-state index in [1.807, 2.05) is 0 Å². The van der Waals surface area contributed by atoms with Crippen molar-refractivity contribution < 1.29 is 17.9 Å². The summed E-state index contributed by atoms with van der Waals surface area (Å²) in [4.78, 5) is 2.16. The molecule has 0 radical (unpaired) electrons. The number of hydrogen-bond acceptors (Lipinski definition) is 2. The van der Waals surface area contributed by atoms with Crippen molar-refractivity contribution in [2.24, 2.45) is 5.92 Å². The summed E-state index contributed by atoms with van der Waals surface area (Å²) in [5, 5.41) is 0. The van der Waals surface area contributed by atoms with E-state index < -0.39 is 6.36 Å². The molecule has 0 spiro atoms. The maximum atomic E-state index is 12.5. The summed E-state index contributed by atoms with van der Waals surface area (Å²) in [5.41, 5.74) is 6.80. The second kappa shape index (κ2) is 9.37. The average molecular weight is 432 g/mol. The van der Waals surface area contributed by atoms with Crippen LogP contribution in [0.1, 0.15) is 63.5 Å². The number of ether oxygens (including phenoxy) is 1. The number of alkyl halides is 3. The number of rotatable bonds is 7. The Kier molecular flexibility index (Phi) is 7.03. The molecule has 31 heavy (non-hydrogen) atoms. The van der Waals surface area contributed by atoms with Crippen LogP contribution in [-0.4, -0.2) is 13.4 Å². The Balaban J connectivity index is 2.01. The molecule has 1 fully saturated rings. The van der Waals surface area contributed by atoms with E-state index in [9.17, 15) is 13.2 Å². The zero-order chi connectivity index (χ0) is 22.8. The molecule has 0 atom stereocenters. The summed E-state index contributed by atoms with van der Waals surface area (Å²) in [6, 6.07) is 10.7. The number of hydrogen-bond donors (Lipinski definition) is 0. The fourth-order valence-electron chi connectivity index (χ4n) is 4.29. The summed E-state index contributed by atoms with van der Waals surface area (Å²) in [5.74, 6) is 1.13. The first-order valence-electron chi connectivity index (χ1n) is 11.0. The van der Waals surface area contributed by atoms with Gasteiger partial charge in [-0.15, -0.1) is 13.2 Å². The zero-order valence-electron chi connectivity index (χ0n) is 19.0. The number of halogens is 3. The second-order valence-electron chi connectivity index (χ2n) is 8.67. The van der Waals surface area contributed by atoms with Gasteiger partial charge in [-0.1, -0.05) is 44.0 Å². The standard InChI is InChI=1S/C26H32F3NO/c1-6-17(3)16-30(5)25-15-22(21-12-19(7-2)13-21)14-24(18(25)4)20-8-10-23(11-9-20)31-26(27,28)29/h8-11,14-16,19,21H,6-7,12-13H2,1-5H3/b17-16+. The lowest BCUT2D eigenvalue weighted by Gasteiger charge is -2.36. The number of nitrogens with zero attached hydrogens (tertiary/aromatic N) is 1. The van der Waals surface area contributed by atoms with Crippen molar-refractivity contribution >= 4 is 5.69 Å². The van der Waals surface area contributed by atoms with Gasteiger partial charge in [0.2, 0.25) is 0 Å². The Bertz CT molecular complexity index is 925. The summed E-state index contributed by atoms with van der Waals surface area (Å²) in [7, 11) is 2.06. The van der Waals surface area contributed by atoms with Crippen molar-refractivity contribution in [1.29, 1.82) is 0 Å². The van der Waals surface area contributed by atoms with Gasteiger partial charge in [0, 0.05) is 18.9 Å². The maximum absolute atomic E-state index is 12.5. The molecule has 0 unspecified atom stereocenters. The Hall–Kier alpha value is -2.43. The maximum Gasteiger partial charge on any atom is 0.573 e. The fourth-order valence-corrected chi connectivity index (χ4v) is 4.29. The predicted molar refractivity (Wildman–Crippen MR) is 122 cm³/mol. The molecule has 0 saturated heterocycles. The van der Waals surface area contributed by atoms with Gasteiger partial charge in [0.1, 0.15) is 5.75 Å². The molecule has 0 N–H and O–H groups in total. The van der Waals surface area contributed by atoms with Gasteiger partial charge in [-0.05, 0) is 85.4 Å². The normalized spacial score (nSPS) is 19.2. The van der Waals surface area contributed by atoms with Crippen LogP contribution in [0.3, 0.4) is 0 Å². The Morgan fingerprint density at radius 1 is 1.13 bits per heavy atom. The second-order valence-corrected chi connectivity index (χ2v) is 8.67. The molecular formula is C26H32F3NO. The largest absolute Gasteiger partial charge is 0.573 e. The lowest BCUT2D eigenvalue weighted by Crippen LogP contribution is -2.22.